The minimum absolute atomic E-state index is 0.0551. The molecule has 104 valence electrons. The highest BCUT2D eigenvalue weighted by Gasteiger charge is 2.28. The number of hydrogen-bond donors (Lipinski definition) is 1. The first kappa shape index (κ1) is 13.5. The molecule has 0 radical (unpaired) electrons. The van der Waals surface area contributed by atoms with Crippen LogP contribution in [0, 0.1) is 10.1 Å². The summed E-state index contributed by atoms with van der Waals surface area (Å²) < 4.78 is 4.91. The van der Waals surface area contributed by atoms with E-state index in [1.807, 2.05) is 4.90 Å². The van der Waals surface area contributed by atoms with Gasteiger partial charge in [0.05, 0.1) is 11.5 Å². The van der Waals surface area contributed by atoms with Crippen molar-refractivity contribution in [2.24, 2.45) is 0 Å². The number of nitrogens with zero attached hydrogens (tertiary/aromatic N) is 4. The normalized spacial score (nSPS) is 14.7. The van der Waals surface area contributed by atoms with Crippen LogP contribution in [0.25, 0.3) is 0 Å². The molecule has 1 aromatic rings. The van der Waals surface area contributed by atoms with Crippen LogP contribution in [0.3, 0.4) is 0 Å². The molecule has 8 heteroatoms. The molecule has 19 heavy (non-hydrogen) atoms. The van der Waals surface area contributed by atoms with Crippen molar-refractivity contribution in [3.05, 3.63) is 16.4 Å². The molecular weight excluding hydrogens is 250 g/mol. The lowest BCUT2D eigenvalue weighted by atomic mass is 10.4. The summed E-state index contributed by atoms with van der Waals surface area (Å²) in [6.07, 6.45) is 3.43. The van der Waals surface area contributed by atoms with E-state index in [0.717, 1.165) is 25.9 Å². The van der Waals surface area contributed by atoms with E-state index in [-0.39, 0.29) is 11.5 Å². The summed E-state index contributed by atoms with van der Waals surface area (Å²) in [4.78, 5) is 20.8. The van der Waals surface area contributed by atoms with Crippen molar-refractivity contribution in [1.29, 1.82) is 0 Å². The standard InChI is InChI=1S/C11H17N5O3/c1-19-7-4-12-10-9(16(17)18)11(14-8-13-10)15-5-2-3-6-15/h8H,2-7H2,1H3,(H,12,13,14). The van der Waals surface area contributed by atoms with Crippen molar-refractivity contribution in [1.82, 2.24) is 9.97 Å². The number of ether oxygens (including phenoxy) is 1. The minimum atomic E-state index is -0.428. The highest BCUT2D eigenvalue weighted by atomic mass is 16.6. The zero-order valence-corrected chi connectivity index (χ0v) is 10.8. The molecule has 1 aromatic heterocycles. The molecule has 0 aromatic carbocycles. The molecule has 1 fully saturated rings. The quantitative estimate of drug-likeness (QED) is 0.467. The number of nitrogens with one attached hydrogen (secondary N) is 1. The van der Waals surface area contributed by atoms with Crippen LogP contribution in [0.4, 0.5) is 17.3 Å². The lowest BCUT2D eigenvalue weighted by Crippen LogP contribution is -2.21. The zero-order valence-electron chi connectivity index (χ0n) is 10.8. The SMILES string of the molecule is COCCNc1ncnc(N2CCCC2)c1[N+](=O)[O-]. The highest BCUT2D eigenvalue weighted by molar-refractivity contribution is 5.70. The number of methoxy groups -OCH3 is 1. The molecule has 1 N–H and O–H groups in total. The Labute approximate surface area is 110 Å². The molecule has 1 aliphatic heterocycles. The maximum absolute atomic E-state index is 11.3. The molecule has 0 bridgehead atoms. The first-order valence-electron chi connectivity index (χ1n) is 6.21. The van der Waals surface area contributed by atoms with Gasteiger partial charge in [-0.05, 0) is 12.8 Å². The topological polar surface area (TPSA) is 93.4 Å². The number of aromatic nitrogens is 2. The van der Waals surface area contributed by atoms with E-state index in [1.165, 1.54) is 6.33 Å². The van der Waals surface area contributed by atoms with Crippen molar-refractivity contribution >= 4 is 17.3 Å². The monoisotopic (exact) mass is 267 g/mol. The fourth-order valence-electron chi connectivity index (χ4n) is 2.10. The lowest BCUT2D eigenvalue weighted by molar-refractivity contribution is -0.383. The molecule has 0 amide bonds. The van der Waals surface area contributed by atoms with E-state index in [9.17, 15) is 10.1 Å². The number of rotatable bonds is 6. The third-order valence-electron chi connectivity index (χ3n) is 2.99. The van der Waals surface area contributed by atoms with E-state index in [4.69, 9.17) is 4.74 Å². The Kier molecular flexibility index (Phi) is 4.45. The van der Waals surface area contributed by atoms with Gasteiger partial charge in [0.15, 0.2) is 0 Å². The smallest absolute Gasteiger partial charge is 0.353 e. The number of anilines is 2. The highest BCUT2D eigenvalue weighted by Crippen LogP contribution is 2.33. The van der Waals surface area contributed by atoms with Gasteiger partial charge in [0.2, 0.25) is 11.6 Å². The van der Waals surface area contributed by atoms with Gasteiger partial charge in [0, 0.05) is 26.7 Å². The van der Waals surface area contributed by atoms with Crippen LogP contribution >= 0.6 is 0 Å². The largest absolute Gasteiger partial charge is 0.383 e. The Bertz CT molecular complexity index is 448. The second kappa shape index (κ2) is 6.28. The molecule has 2 rings (SSSR count). The van der Waals surface area contributed by atoms with Gasteiger partial charge in [0.25, 0.3) is 0 Å². The van der Waals surface area contributed by atoms with Gasteiger partial charge in [0.1, 0.15) is 6.33 Å². The summed E-state index contributed by atoms with van der Waals surface area (Å²) in [5, 5.41) is 14.2. The van der Waals surface area contributed by atoms with Crippen molar-refractivity contribution in [2.45, 2.75) is 12.8 Å². The molecule has 0 atom stereocenters. The Balaban J connectivity index is 2.26. The molecule has 0 spiro atoms. The Hall–Kier alpha value is -1.96. The van der Waals surface area contributed by atoms with Gasteiger partial charge in [-0.3, -0.25) is 10.1 Å². The fourth-order valence-corrected chi connectivity index (χ4v) is 2.10. The van der Waals surface area contributed by atoms with Gasteiger partial charge in [-0.2, -0.15) is 0 Å². The average molecular weight is 267 g/mol. The van der Waals surface area contributed by atoms with Crippen LogP contribution in [0.2, 0.25) is 0 Å². The summed E-state index contributed by atoms with van der Waals surface area (Å²) in [5.74, 6) is 0.649. The Morgan fingerprint density at radius 1 is 1.47 bits per heavy atom. The summed E-state index contributed by atoms with van der Waals surface area (Å²) in [6.45, 7) is 2.53. The predicted molar refractivity (Wildman–Crippen MR) is 70.5 cm³/mol. The molecular formula is C11H17N5O3. The first-order valence-corrected chi connectivity index (χ1v) is 6.21. The predicted octanol–water partition coefficient (Wildman–Crippen LogP) is 1.04. The van der Waals surface area contributed by atoms with Crippen LogP contribution in [-0.2, 0) is 4.74 Å². The summed E-state index contributed by atoms with van der Waals surface area (Å²) in [7, 11) is 1.58. The van der Waals surface area contributed by atoms with Crippen LogP contribution in [0.15, 0.2) is 6.33 Å². The van der Waals surface area contributed by atoms with Crippen molar-refractivity contribution < 1.29 is 9.66 Å². The maximum atomic E-state index is 11.3. The van der Waals surface area contributed by atoms with E-state index in [0.29, 0.717) is 19.0 Å². The van der Waals surface area contributed by atoms with Crippen LogP contribution in [-0.4, -0.2) is 48.2 Å². The molecule has 0 unspecified atom stereocenters. The maximum Gasteiger partial charge on any atom is 0.353 e. The molecule has 0 saturated carbocycles. The molecule has 8 nitrogen and oxygen atoms in total. The third-order valence-corrected chi connectivity index (χ3v) is 2.99. The van der Waals surface area contributed by atoms with Crippen LogP contribution in [0.5, 0.6) is 0 Å². The Morgan fingerprint density at radius 3 is 2.84 bits per heavy atom. The minimum Gasteiger partial charge on any atom is -0.383 e. The second-order valence-corrected chi connectivity index (χ2v) is 4.27. The van der Waals surface area contributed by atoms with Crippen LogP contribution < -0.4 is 10.2 Å². The van der Waals surface area contributed by atoms with Crippen molar-refractivity contribution in [3.8, 4) is 0 Å². The summed E-state index contributed by atoms with van der Waals surface area (Å²) in [6, 6.07) is 0. The molecule has 1 saturated heterocycles. The van der Waals surface area contributed by atoms with Crippen molar-refractivity contribution in [2.75, 3.05) is 43.6 Å². The van der Waals surface area contributed by atoms with E-state index in [2.05, 4.69) is 15.3 Å². The van der Waals surface area contributed by atoms with E-state index in [1.54, 1.807) is 7.11 Å². The molecule has 0 aliphatic carbocycles. The first-order chi connectivity index (χ1) is 9.24. The number of hydrogen-bond acceptors (Lipinski definition) is 7. The molecule has 1 aliphatic rings. The van der Waals surface area contributed by atoms with Crippen LogP contribution in [0.1, 0.15) is 12.8 Å². The number of nitro groups is 1. The second-order valence-electron chi connectivity index (χ2n) is 4.27. The van der Waals surface area contributed by atoms with Gasteiger partial charge >= 0.3 is 5.69 Å². The zero-order chi connectivity index (χ0) is 13.7. The Morgan fingerprint density at radius 2 is 2.21 bits per heavy atom. The average Bonchev–Trinajstić information content (AvgIpc) is 2.92. The molecule has 2 heterocycles. The summed E-state index contributed by atoms with van der Waals surface area (Å²) in [5.41, 5.74) is -0.0551. The van der Waals surface area contributed by atoms with E-state index >= 15 is 0 Å². The van der Waals surface area contributed by atoms with Gasteiger partial charge in [-0.1, -0.05) is 0 Å². The van der Waals surface area contributed by atoms with Gasteiger partial charge < -0.3 is 15.0 Å². The lowest BCUT2D eigenvalue weighted by Gasteiger charge is -2.17. The van der Waals surface area contributed by atoms with Gasteiger partial charge in [-0.25, -0.2) is 9.97 Å². The van der Waals surface area contributed by atoms with Crippen molar-refractivity contribution in [3.63, 3.8) is 0 Å². The van der Waals surface area contributed by atoms with Gasteiger partial charge in [-0.15, -0.1) is 0 Å². The third kappa shape index (κ3) is 3.08. The summed E-state index contributed by atoms with van der Waals surface area (Å²) >= 11 is 0. The fraction of sp³-hybridized carbons (Fsp3) is 0.636. The van der Waals surface area contributed by atoms with E-state index < -0.39 is 4.92 Å².